The highest BCUT2D eigenvalue weighted by atomic mass is 32.2. The molecule has 0 unspecified atom stereocenters. The molecule has 6 heteroatoms. The molecule has 2 aromatic rings. The largest absolute Gasteiger partial charge is 0.256 e. The number of benzene rings is 2. The molecule has 0 radical (unpaired) electrons. The zero-order valence-corrected chi connectivity index (χ0v) is 14.6. The maximum Gasteiger partial charge on any atom is 0.243 e. The predicted molar refractivity (Wildman–Crippen MR) is 97.5 cm³/mol. The Kier molecular flexibility index (Phi) is 5.27. The Labute approximate surface area is 148 Å². The second-order valence-corrected chi connectivity index (χ2v) is 7.89. The first-order valence-corrected chi connectivity index (χ1v) is 9.68. The molecule has 1 aliphatic heterocycles. The molecule has 2 aromatic carbocycles. The predicted octanol–water partition coefficient (Wildman–Crippen LogP) is 3.48. The Morgan fingerprint density at radius 2 is 1.60 bits per heavy atom. The molecular weight excluding hydrogens is 334 g/mol. The van der Waals surface area contributed by atoms with Crippen LogP contribution in [0.15, 0.2) is 58.4 Å². The van der Waals surface area contributed by atoms with Crippen LogP contribution < -0.4 is 0 Å². The molecular formula is C19H19N3O2S. The summed E-state index contributed by atoms with van der Waals surface area (Å²) in [6.07, 6.45) is 4.63. The van der Waals surface area contributed by atoms with Gasteiger partial charge in [0.2, 0.25) is 10.0 Å². The van der Waals surface area contributed by atoms with Gasteiger partial charge in [-0.3, -0.25) is 4.99 Å². The van der Waals surface area contributed by atoms with Crippen LogP contribution in [0, 0.1) is 11.3 Å². The number of nitriles is 1. The lowest BCUT2D eigenvalue weighted by atomic mass is 10.2. The molecule has 0 atom stereocenters. The molecule has 0 aliphatic carbocycles. The summed E-state index contributed by atoms with van der Waals surface area (Å²) in [7, 11) is -3.40. The first-order valence-electron chi connectivity index (χ1n) is 8.24. The topological polar surface area (TPSA) is 73.5 Å². The number of rotatable bonds is 4. The molecule has 0 N–H and O–H groups in total. The molecule has 0 amide bonds. The van der Waals surface area contributed by atoms with Gasteiger partial charge in [0.15, 0.2) is 0 Å². The summed E-state index contributed by atoms with van der Waals surface area (Å²) in [4.78, 5) is 4.66. The molecule has 1 heterocycles. The van der Waals surface area contributed by atoms with Crippen LogP contribution in [0.1, 0.15) is 30.4 Å². The molecule has 0 bridgehead atoms. The van der Waals surface area contributed by atoms with E-state index in [1.54, 1.807) is 46.9 Å². The first-order chi connectivity index (χ1) is 12.1. The number of aliphatic imine (C=N–C) groups is 1. The van der Waals surface area contributed by atoms with Crippen LogP contribution in [0.25, 0.3) is 0 Å². The van der Waals surface area contributed by atoms with E-state index in [9.17, 15) is 8.42 Å². The lowest BCUT2D eigenvalue weighted by molar-refractivity contribution is 0.346. The zero-order valence-electron chi connectivity index (χ0n) is 13.8. The minimum Gasteiger partial charge on any atom is -0.256 e. The Morgan fingerprint density at radius 1 is 0.960 bits per heavy atom. The average molecular weight is 353 g/mol. The van der Waals surface area contributed by atoms with Gasteiger partial charge >= 0.3 is 0 Å². The molecule has 5 nitrogen and oxygen atoms in total. The second kappa shape index (κ2) is 7.60. The van der Waals surface area contributed by atoms with E-state index in [0.717, 1.165) is 24.8 Å². The van der Waals surface area contributed by atoms with Gasteiger partial charge in [-0.1, -0.05) is 18.6 Å². The van der Waals surface area contributed by atoms with Crippen LogP contribution in [0.3, 0.4) is 0 Å². The molecule has 1 aliphatic rings. The van der Waals surface area contributed by atoms with Gasteiger partial charge < -0.3 is 0 Å². The Bertz CT molecular complexity index is 889. The van der Waals surface area contributed by atoms with E-state index in [1.165, 1.54) is 0 Å². The van der Waals surface area contributed by atoms with E-state index in [2.05, 4.69) is 11.1 Å². The van der Waals surface area contributed by atoms with Crippen LogP contribution >= 0.6 is 0 Å². The summed E-state index contributed by atoms with van der Waals surface area (Å²) in [6, 6.07) is 15.8. The third kappa shape index (κ3) is 4.13. The van der Waals surface area contributed by atoms with Crippen LogP contribution in [0.4, 0.5) is 5.69 Å². The third-order valence-corrected chi connectivity index (χ3v) is 6.10. The van der Waals surface area contributed by atoms with Crippen LogP contribution in [0.2, 0.25) is 0 Å². The fourth-order valence-corrected chi connectivity index (χ4v) is 4.27. The van der Waals surface area contributed by atoms with Crippen molar-refractivity contribution in [3.05, 3.63) is 59.7 Å². The van der Waals surface area contributed by atoms with Crippen molar-refractivity contribution in [1.29, 1.82) is 5.26 Å². The van der Waals surface area contributed by atoms with Gasteiger partial charge in [0.1, 0.15) is 0 Å². The average Bonchev–Trinajstić information content (AvgIpc) is 2.68. The van der Waals surface area contributed by atoms with Crippen LogP contribution in [-0.4, -0.2) is 32.0 Å². The summed E-state index contributed by atoms with van der Waals surface area (Å²) in [5, 5.41) is 8.79. The molecule has 128 valence electrons. The Balaban J connectivity index is 1.73. The highest BCUT2D eigenvalue weighted by Crippen LogP contribution is 2.22. The molecule has 0 spiro atoms. The zero-order chi connectivity index (χ0) is 17.7. The molecule has 25 heavy (non-hydrogen) atoms. The summed E-state index contributed by atoms with van der Waals surface area (Å²) in [5.41, 5.74) is 2.16. The van der Waals surface area contributed by atoms with Crippen molar-refractivity contribution >= 4 is 21.9 Å². The SMILES string of the molecule is N#Cc1ccc(C=Nc2ccc(S(=O)(=O)N3CCCCC3)cc2)cc1. The fraction of sp³-hybridized carbons (Fsp3) is 0.263. The van der Waals surface area contributed by atoms with Crippen molar-refractivity contribution in [3.63, 3.8) is 0 Å². The minimum absolute atomic E-state index is 0.312. The normalized spacial score (nSPS) is 16.0. The number of hydrogen-bond acceptors (Lipinski definition) is 4. The van der Waals surface area contributed by atoms with E-state index in [1.807, 2.05) is 12.1 Å². The van der Waals surface area contributed by atoms with Crippen LogP contribution in [0.5, 0.6) is 0 Å². The third-order valence-electron chi connectivity index (χ3n) is 4.19. The molecule has 0 saturated carbocycles. The fourth-order valence-electron chi connectivity index (χ4n) is 2.75. The summed E-state index contributed by atoms with van der Waals surface area (Å²) in [5.74, 6) is 0. The Hall–Kier alpha value is -2.49. The van der Waals surface area contributed by atoms with E-state index in [0.29, 0.717) is 29.2 Å². The van der Waals surface area contributed by atoms with Gasteiger partial charge in [0, 0.05) is 19.3 Å². The lowest BCUT2D eigenvalue weighted by Crippen LogP contribution is -2.35. The number of nitrogens with zero attached hydrogens (tertiary/aromatic N) is 3. The number of sulfonamides is 1. The van der Waals surface area contributed by atoms with Crippen molar-refractivity contribution in [1.82, 2.24) is 4.31 Å². The second-order valence-electron chi connectivity index (χ2n) is 5.95. The van der Waals surface area contributed by atoms with E-state index in [4.69, 9.17) is 5.26 Å². The molecule has 3 rings (SSSR count). The lowest BCUT2D eigenvalue weighted by Gasteiger charge is -2.25. The van der Waals surface area contributed by atoms with E-state index < -0.39 is 10.0 Å². The van der Waals surface area contributed by atoms with Crippen molar-refractivity contribution in [3.8, 4) is 6.07 Å². The van der Waals surface area contributed by atoms with Gasteiger partial charge in [0.05, 0.1) is 22.2 Å². The maximum atomic E-state index is 12.6. The van der Waals surface area contributed by atoms with Gasteiger partial charge in [-0.2, -0.15) is 9.57 Å². The van der Waals surface area contributed by atoms with Gasteiger partial charge in [-0.15, -0.1) is 0 Å². The smallest absolute Gasteiger partial charge is 0.243 e. The summed E-state index contributed by atoms with van der Waals surface area (Å²) >= 11 is 0. The monoisotopic (exact) mass is 353 g/mol. The Morgan fingerprint density at radius 3 is 2.20 bits per heavy atom. The van der Waals surface area contributed by atoms with Crippen molar-refractivity contribution < 1.29 is 8.42 Å². The van der Waals surface area contributed by atoms with E-state index in [-0.39, 0.29) is 0 Å². The standard InChI is InChI=1S/C19H19N3O2S/c20-14-16-4-6-17(7-5-16)15-21-18-8-10-19(11-9-18)25(23,24)22-12-2-1-3-13-22/h4-11,15H,1-3,12-13H2. The first kappa shape index (κ1) is 17.3. The van der Waals surface area contributed by atoms with Gasteiger partial charge in [-0.25, -0.2) is 8.42 Å². The summed E-state index contributed by atoms with van der Waals surface area (Å²) < 4.78 is 26.8. The maximum absolute atomic E-state index is 12.6. The summed E-state index contributed by atoms with van der Waals surface area (Å²) in [6.45, 7) is 1.20. The highest BCUT2D eigenvalue weighted by Gasteiger charge is 2.25. The molecule has 0 aromatic heterocycles. The highest BCUT2D eigenvalue weighted by molar-refractivity contribution is 7.89. The van der Waals surface area contributed by atoms with E-state index >= 15 is 0 Å². The van der Waals surface area contributed by atoms with Crippen molar-refractivity contribution in [2.45, 2.75) is 24.2 Å². The van der Waals surface area contributed by atoms with Crippen LogP contribution in [-0.2, 0) is 10.0 Å². The number of piperidine rings is 1. The van der Waals surface area contributed by atoms with Crippen molar-refractivity contribution in [2.75, 3.05) is 13.1 Å². The van der Waals surface area contributed by atoms with Gasteiger partial charge in [0.25, 0.3) is 0 Å². The quantitative estimate of drug-likeness (QED) is 0.790. The molecule has 1 saturated heterocycles. The number of hydrogen-bond donors (Lipinski definition) is 0. The molecule has 1 fully saturated rings. The minimum atomic E-state index is -3.40. The van der Waals surface area contributed by atoms with Crippen molar-refractivity contribution in [2.24, 2.45) is 4.99 Å². The van der Waals surface area contributed by atoms with Gasteiger partial charge in [-0.05, 0) is 54.8 Å².